The van der Waals surface area contributed by atoms with Gasteiger partial charge in [-0.2, -0.15) is 4.98 Å². The molecule has 28 heavy (non-hydrogen) atoms. The van der Waals surface area contributed by atoms with E-state index >= 15 is 0 Å². The molecule has 2 N–H and O–H groups in total. The number of imidazole rings is 1. The van der Waals surface area contributed by atoms with Crippen LogP contribution in [0.4, 0.5) is 0 Å². The molecular weight excluding hydrogens is 380 g/mol. The van der Waals surface area contributed by atoms with Crippen molar-refractivity contribution in [3.8, 4) is 11.5 Å². The number of aromatic amines is 1. The Morgan fingerprint density at radius 1 is 1.14 bits per heavy atom. The lowest BCUT2D eigenvalue weighted by Crippen LogP contribution is -2.26. The Bertz CT molecular complexity index is 1090. The third-order valence-corrected chi connectivity index (χ3v) is 4.38. The highest BCUT2D eigenvalue weighted by atomic mass is 35.5. The van der Waals surface area contributed by atoms with Gasteiger partial charge in [-0.05, 0) is 30.3 Å². The van der Waals surface area contributed by atoms with Gasteiger partial charge in [0.25, 0.3) is 5.89 Å². The maximum atomic E-state index is 12.1. The number of nitrogens with zero attached hydrogens (tertiary/aromatic N) is 4. The Balaban J connectivity index is 1.24. The molecule has 1 aromatic carbocycles. The van der Waals surface area contributed by atoms with Gasteiger partial charge in [0, 0.05) is 48.8 Å². The summed E-state index contributed by atoms with van der Waals surface area (Å²) in [4.78, 5) is 28.0. The summed E-state index contributed by atoms with van der Waals surface area (Å²) in [6.45, 7) is 0.434. The molecule has 3 aromatic heterocycles. The molecule has 0 aliphatic heterocycles. The zero-order valence-corrected chi connectivity index (χ0v) is 15.6. The number of hydrogen-bond donors (Lipinski definition) is 2. The third kappa shape index (κ3) is 4.34. The van der Waals surface area contributed by atoms with E-state index in [1.165, 1.54) is 0 Å². The fourth-order valence-electron chi connectivity index (χ4n) is 2.75. The van der Waals surface area contributed by atoms with Gasteiger partial charge in [-0.15, -0.1) is 0 Å². The molecule has 9 heteroatoms. The number of aromatic nitrogens is 5. The molecule has 0 bridgehead atoms. The number of carbonyl (C=O) groups is 1. The molecule has 0 atom stereocenters. The average molecular weight is 397 g/mol. The quantitative estimate of drug-likeness (QED) is 0.497. The minimum absolute atomic E-state index is 0.0589. The van der Waals surface area contributed by atoms with Crippen LogP contribution in [0.5, 0.6) is 0 Å². The number of nitrogens with one attached hydrogen (secondary N) is 2. The van der Waals surface area contributed by atoms with Crippen molar-refractivity contribution >= 4 is 28.5 Å². The second-order valence-corrected chi connectivity index (χ2v) is 6.63. The van der Waals surface area contributed by atoms with Crippen LogP contribution in [0.1, 0.15) is 18.1 Å². The van der Waals surface area contributed by atoms with Crippen LogP contribution in [0, 0.1) is 0 Å². The maximum Gasteiger partial charge on any atom is 0.258 e. The van der Waals surface area contributed by atoms with E-state index in [1.807, 2.05) is 12.1 Å². The Labute approximate surface area is 165 Å². The summed E-state index contributed by atoms with van der Waals surface area (Å²) >= 11 is 5.97. The Morgan fingerprint density at radius 2 is 2.00 bits per heavy atom. The van der Waals surface area contributed by atoms with Crippen LogP contribution in [-0.2, 0) is 17.6 Å². The Kier molecular flexibility index (Phi) is 5.29. The lowest BCUT2D eigenvalue weighted by atomic mass is 10.2. The van der Waals surface area contributed by atoms with Crippen LogP contribution in [-0.4, -0.2) is 37.5 Å². The number of hydrogen-bond acceptors (Lipinski definition) is 6. The van der Waals surface area contributed by atoms with E-state index in [1.54, 1.807) is 30.6 Å². The molecule has 0 saturated heterocycles. The van der Waals surface area contributed by atoms with Crippen molar-refractivity contribution in [3.05, 3.63) is 59.4 Å². The molecular formula is C19H17ClN6O2. The van der Waals surface area contributed by atoms with Crippen LogP contribution < -0.4 is 5.32 Å². The number of carbonyl (C=O) groups excluding carboxylic acids is 1. The smallest absolute Gasteiger partial charge is 0.258 e. The number of benzene rings is 1. The summed E-state index contributed by atoms with van der Waals surface area (Å²) in [5, 5.41) is 7.44. The number of H-pyrrole nitrogens is 1. The fraction of sp³-hybridized carbons (Fsp3) is 0.211. The van der Waals surface area contributed by atoms with Crippen molar-refractivity contribution in [1.29, 1.82) is 0 Å². The van der Waals surface area contributed by atoms with Crippen LogP contribution in [0.25, 0.3) is 22.5 Å². The first kappa shape index (κ1) is 18.1. The SMILES string of the molecule is O=C(CCc1nc2ccc(Cl)cc2[nH]1)NCCc1noc(-c2ccncc2)n1. The van der Waals surface area contributed by atoms with Crippen molar-refractivity contribution < 1.29 is 9.32 Å². The Morgan fingerprint density at radius 3 is 2.86 bits per heavy atom. The van der Waals surface area contributed by atoms with Crippen molar-refractivity contribution in [2.24, 2.45) is 0 Å². The first-order valence-corrected chi connectivity index (χ1v) is 9.19. The van der Waals surface area contributed by atoms with Gasteiger partial charge in [0.15, 0.2) is 5.82 Å². The van der Waals surface area contributed by atoms with E-state index in [0.29, 0.717) is 42.5 Å². The highest BCUT2D eigenvalue weighted by Crippen LogP contribution is 2.18. The van der Waals surface area contributed by atoms with E-state index in [9.17, 15) is 4.79 Å². The molecule has 0 aliphatic carbocycles. The molecule has 0 aliphatic rings. The van der Waals surface area contributed by atoms with Crippen molar-refractivity contribution in [3.63, 3.8) is 0 Å². The maximum absolute atomic E-state index is 12.1. The fourth-order valence-corrected chi connectivity index (χ4v) is 2.93. The summed E-state index contributed by atoms with van der Waals surface area (Å²) < 4.78 is 5.23. The van der Waals surface area contributed by atoms with E-state index in [4.69, 9.17) is 16.1 Å². The van der Waals surface area contributed by atoms with Gasteiger partial charge >= 0.3 is 0 Å². The molecule has 4 aromatic rings. The van der Waals surface area contributed by atoms with E-state index in [0.717, 1.165) is 22.4 Å². The molecule has 0 spiro atoms. The van der Waals surface area contributed by atoms with E-state index in [2.05, 4.69) is 30.4 Å². The van der Waals surface area contributed by atoms with Crippen LogP contribution in [0.15, 0.2) is 47.2 Å². The number of amides is 1. The first-order chi connectivity index (χ1) is 13.7. The summed E-state index contributed by atoms with van der Waals surface area (Å²) in [6, 6.07) is 9.05. The van der Waals surface area contributed by atoms with Gasteiger partial charge in [-0.1, -0.05) is 16.8 Å². The molecule has 8 nitrogen and oxygen atoms in total. The number of halogens is 1. The van der Waals surface area contributed by atoms with Crippen molar-refractivity contribution in [1.82, 2.24) is 30.4 Å². The molecule has 142 valence electrons. The minimum Gasteiger partial charge on any atom is -0.356 e. The van der Waals surface area contributed by atoms with E-state index < -0.39 is 0 Å². The van der Waals surface area contributed by atoms with Crippen molar-refractivity contribution in [2.75, 3.05) is 6.54 Å². The normalized spacial score (nSPS) is 11.0. The Hall–Kier alpha value is -3.26. The third-order valence-electron chi connectivity index (χ3n) is 4.15. The average Bonchev–Trinajstić information content (AvgIpc) is 3.33. The second-order valence-electron chi connectivity index (χ2n) is 6.20. The topological polar surface area (TPSA) is 110 Å². The summed E-state index contributed by atoms with van der Waals surface area (Å²) in [6.07, 6.45) is 4.67. The minimum atomic E-state index is -0.0589. The van der Waals surface area contributed by atoms with Gasteiger partial charge in [0.2, 0.25) is 5.91 Å². The summed E-state index contributed by atoms with van der Waals surface area (Å²) in [7, 11) is 0. The predicted molar refractivity (Wildman–Crippen MR) is 104 cm³/mol. The number of rotatable bonds is 7. The largest absolute Gasteiger partial charge is 0.356 e. The van der Waals surface area contributed by atoms with Crippen LogP contribution in [0.2, 0.25) is 5.02 Å². The lowest BCUT2D eigenvalue weighted by molar-refractivity contribution is -0.121. The van der Waals surface area contributed by atoms with Crippen LogP contribution in [0.3, 0.4) is 0 Å². The molecule has 0 fully saturated rings. The van der Waals surface area contributed by atoms with E-state index in [-0.39, 0.29) is 5.91 Å². The monoisotopic (exact) mass is 396 g/mol. The second kappa shape index (κ2) is 8.18. The van der Waals surface area contributed by atoms with Crippen LogP contribution >= 0.6 is 11.6 Å². The molecule has 0 unspecified atom stereocenters. The van der Waals surface area contributed by atoms with Gasteiger partial charge in [-0.25, -0.2) is 4.98 Å². The molecule has 0 radical (unpaired) electrons. The summed E-state index contributed by atoms with van der Waals surface area (Å²) in [5.41, 5.74) is 2.51. The zero-order valence-electron chi connectivity index (χ0n) is 14.9. The highest BCUT2D eigenvalue weighted by Gasteiger charge is 2.10. The zero-order chi connectivity index (χ0) is 19.3. The van der Waals surface area contributed by atoms with Gasteiger partial charge in [0.05, 0.1) is 11.0 Å². The number of fused-ring (bicyclic) bond motifs is 1. The summed E-state index contributed by atoms with van der Waals surface area (Å²) in [5.74, 6) is 1.68. The standard InChI is InChI=1S/C19H17ClN6O2/c20-13-1-2-14-15(11-13)24-16(23-14)3-4-18(27)22-10-7-17-25-19(28-26-17)12-5-8-21-9-6-12/h1-2,5-6,8-9,11H,3-4,7,10H2,(H,22,27)(H,23,24). The molecule has 4 rings (SSSR count). The lowest BCUT2D eigenvalue weighted by Gasteiger charge is -2.02. The molecule has 0 saturated carbocycles. The molecule has 3 heterocycles. The van der Waals surface area contributed by atoms with Gasteiger partial charge in [0.1, 0.15) is 5.82 Å². The van der Waals surface area contributed by atoms with Gasteiger partial charge < -0.3 is 14.8 Å². The van der Waals surface area contributed by atoms with Gasteiger partial charge in [-0.3, -0.25) is 9.78 Å². The first-order valence-electron chi connectivity index (χ1n) is 8.81. The predicted octanol–water partition coefficient (Wildman–Crippen LogP) is 2.95. The highest BCUT2D eigenvalue weighted by molar-refractivity contribution is 6.31. The van der Waals surface area contributed by atoms with Crippen molar-refractivity contribution in [2.45, 2.75) is 19.3 Å². The molecule has 1 amide bonds. The number of pyridine rings is 1. The number of aryl methyl sites for hydroxylation is 1.